The largest absolute Gasteiger partial charge is 0.508 e. The van der Waals surface area contributed by atoms with Crippen LogP contribution in [0.1, 0.15) is 33.7 Å². The van der Waals surface area contributed by atoms with Crippen LogP contribution < -0.4 is 16.4 Å². The predicted molar refractivity (Wildman–Crippen MR) is 109 cm³/mol. The van der Waals surface area contributed by atoms with Crippen molar-refractivity contribution in [1.82, 2.24) is 15.3 Å². The fourth-order valence-electron chi connectivity index (χ4n) is 2.92. The van der Waals surface area contributed by atoms with Crippen molar-refractivity contribution in [3.8, 4) is 5.75 Å². The number of nitrogens with one attached hydrogen (secondary N) is 2. The Labute approximate surface area is 169 Å². The molecule has 0 aliphatic carbocycles. The minimum Gasteiger partial charge on any atom is -0.508 e. The number of nitrogens with two attached hydrogens (primary N) is 1. The van der Waals surface area contributed by atoms with Crippen molar-refractivity contribution in [3.63, 3.8) is 0 Å². The molecule has 9 nitrogen and oxygen atoms in total. The third-order valence-electron chi connectivity index (χ3n) is 4.36. The number of methoxy groups -OCH3 is 1. The zero-order valence-corrected chi connectivity index (χ0v) is 16.9. The molecular formula is C20H27N5O4. The summed E-state index contributed by atoms with van der Waals surface area (Å²) in [6.07, 6.45) is 1.62. The van der Waals surface area contributed by atoms with Crippen LogP contribution in [0.3, 0.4) is 0 Å². The van der Waals surface area contributed by atoms with Crippen molar-refractivity contribution in [2.45, 2.75) is 32.7 Å². The lowest BCUT2D eigenvalue weighted by Crippen LogP contribution is -2.46. The van der Waals surface area contributed by atoms with E-state index in [2.05, 4.69) is 25.3 Å². The van der Waals surface area contributed by atoms with Crippen molar-refractivity contribution in [2.75, 3.05) is 25.5 Å². The van der Waals surface area contributed by atoms with Crippen molar-refractivity contribution in [1.29, 1.82) is 0 Å². The molecule has 5 N–H and O–H groups in total. The van der Waals surface area contributed by atoms with Gasteiger partial charge in [0.1, 0.15) is 11.8 Å². The number of amides is 1. The van der Waals surface area contributed by atoms with Crippen molar-refractivity contribution < 1.29 is 19.4 Å². The molecule has 0 saturated carbocycles. The lowest BCUT2D eigenvalue weighted by atomic mass is 10.1. The second-order valence-corrected chi connectivity index (χ2v) is 6.58. The second-order valence-electron chi connectivity index (χ2n) is 6.58. The van der Waals surface area contributed by atoms with Crippen LogP contribution in [-0.4, -0.2) is 53.2 Å². The first kappa shape index (κ1) is 22.1. The van der Waals surface area contributed by atoms with E-state index in [4.69, 9.17) is 5.73 Å². The van der Waals surface area contributed by atoms with Gasteiger partial charge < -0.3 is 26.2 Å². The number of phenols is 1. The Morgan fingerprint density at radius 1 is 1.24 bits per heavy atom. The number of rotatable bonds is 9. The molecule has 1 amide bonds. The predicted octanol–water partition coefficient (Wildman–Crippen LogP) is 1.07. The second kappa shape index (κ2) is 10.4. The SMILES string of the molecule is COC(=O)C(CN)NC(=O)c1c(C)nc(NCCCc2cccc(O)c2)nc1C. The van der Waals surface area contributed by atoms with Crippen LogP contribution in [0, 0.1) is 13.8 Å². The molecule has 1 aromatic carbocycles. The van der Waals surface area contributed by atoms with Crippen LogP contribution in [0.2, 0.25) is 0 Å². The summed E-state index contributed by atoms with van der Waals surface area (Å²) in [5, 5.41) is 15.2. The van der Waals surface area contributed by atoms with E-state index in [0.29, 0.717) is 29.4 Å². The summed E-state index contributed by atoms with van der Waals surface area (Å²) in [4.78, 5) is 32.8. The number of nitrogens with zero attached hydrogens (tertiary/aromatic N) is 2. The number of aromatic hydroxyl groups is 1. The Hall–Kier alpha value is -3.20. The molecule has 29 heavy (non-hydrogen) atoms. The summed E-state index contributed by atoms with van der Waals surface area (Å²) in [5.41, 5.74) is 7.86. The molecule has 1 unspecified atom stereocenters. The smallest absolute Gasteiger partial charge is 0.329 e. The number of anilines is 1. The van der Waals surface area contributed by atoms with E-state index in [-0.39, 0.29) is 12.3 Å². The fourth-order valence-corrected chi connectivity index (χ4v) is 2.92. The number of aryl methyl sites for hydroxylation is 3. The number of aromatic nitrogens is 2. The van der Waals surface area contributed by atoms with E-state index in [9.17, 15) is 14.7 Å². The average molecular weight is 401 g/mol. The van der Waals surface area contributed by atoms with Gasteiger partial charge in [-0.2, -0.15) is 0 Å². The quantitative estimate of drug-likeness (QED) is 0.361. The summed E-state index contributed by atoms with van der Waals surface area (Å²) in [7, 11) is 1.23. The summed E-state index contributed by atoms with van der Waals surface area (Å²) < 4.78 is 4.62. The highest BCUT2D eigenvalue weighted by atomic mass is 16.5. The molecule has 1 aromatic heterocycles. The Kier molecular flexibility index (Phi) is 7.90. The molecule has 0 radical (unpaired) electrons. The Balaban J connectivity index is 1.97. The molecule has 156 valence electrons. The van der Waals surface area contributed by atoms with Gasteiger partial charge in [0.25, 0.3) is 5.91 Å². The van der Waals surface area contributed by atoms with Crippen LogP contribution in [0.15, 0.2) is 24.3 Å². The number of ether oxygens (including phenoxy) is 1. The van der Waals surface area contributed by atoms with Gasteiger partial charge in [-0.3, -0.25) is 4.79 Å². The summed E-state index contributed by atoms with van der Waals surface area (Å²) in [5.74, 6) is -0.405. The molecule has 0 aliphatic heterocycles. The first-order valence-corrected chi connectivity index (χ1v) is 9.31. The van der Waals surface area contributed by atoms with Gasteiger partial charge in [0.2, 0.25) is 5.95 Å². The minimum atomic E-state index is -0.929. The van der Waals surface area contributed by atoms with E-state index in [1.165, 1.54) is 7.11 Å². The maximum Gasteiger partial charge on any atom is 0.329 e. The highest BCUT2D eigenvalue weighted by molar-refractivity contribution is 5.98. The Morgan fingerprint density at radius 2 is 1.93 bits per heavy atom. The van der Waals surface area contributed by atoms with Crippen LogP contribution in [0.5, 0.6) is 5.75 Å². The maximum absolute atomic E-state index is 12.5. The van der Waals surface area contributed by atoms with E-state index in [0.717, 1.165) is 18.4 Å². The van der Waals surface area contributed by atoms with Crippen LogP contribution in [0.25, 0.3) is 0 Å². The first-order chi connectivity index (χ1) is 13.8. The number of hydrogen-bond donors (Lipinski definition) is 4. The van der Waals surface area contributed by atoms with E-state index in [1.807, 2.05) is 12.1 Å². The van der Waals surface area contributed by atoms with Gasteiger partial charge in [0.05, 0.1) is 24.1 Å². The van der Waals surface area contributed by atoms with Crippen molar-refractivity contribution in [2.24, 2.45) is 5.73 Å². The number of hydrogen-bond acceptors (Lipinski definition) is 8. The molecule has 2 aromatic rings. The zero-order chi connectivity index (χ0) is 21.4. The van der Waals surface area contributed by atoms with Crippen LogP contribution in [-0.2, 0) is 16.0 Å². The topological polar surface area (TPSA) is 139 Å². The standard InChI is InChI=1S/C20H27N5O4/c1-12-17(18(27)25-16(11-21)19(28)29-3)13(2)24-20(23-12)22-9-5-7-14-6-4-8-15(26)10-14/h4,6,8,10,16,26H,5,7,9,11,21H2,1-3H3,(H,25,27)(H,22,23,24). The molecule has 0 saturated heterocycles. The molecule has 0 aliphatic rings. The van der Waals surface area contributed by atoms with E-state index in [1.54, 1.807) is 26.0 Å². The van der Waals surface area contributed by atoms with Gasteiger partial charge in [-0.1, -0.05) is 12.1 Å². The highest BCUT2D eigenvalue weighted by Crippen LogP contribution is 2.14. The third kappa shape index (κ3) is 6.15. The molecule has 1 heterocycles. The number of esters is 1. The third-order valence-corrected chi connectivity index (χ3v) is 4.36. The number of benzene rings is 1. The molecule has 0 spiro atoms. The Bertz CT molecular complexity index is 849. The molecule has 0 bridgehead atoms. The summed E-state index contributed by atoms with van der Waals surface area (Å²) in [6.45, 7) is 3.97. The normalized spacial score (nSPS) is 11.6. The van der Waals surface area contributed by atoms with Gasteiger partial charge in [0, 0.05) is 13.1 Å². The molecule has 9 heteroatoms. The molecule has 0 fully saturated rings. The summed E-state index contributed by atoms with van der Waals surface area (Å²) in [6, 6.07) is 6.22. The van der Waals surface area contributed by atoms with Gasteiger partial charge in [0.15, 0.2) is 0 Å². The average Bonchev–Trinajstić information content (AvgIpc) is 2.68. The maximum atomic E-state index is 12.5. The first-order valence-electron chi connectivity index (χ1n) is 9.31. The number of carbonyl (C=O) groups excluding carboxylic acids is 2. The van der Waals surface area contributed by atoms with E-state index < -0.39 is 17.9 Å². The van der Waals surface area contributed by atoms with Gasteiger partial charge >= 0.3 is 5.97 Å². The molecule has 1 atom stereocenters. The number of carbonyl (C=O) groups is 2. The lowest BCUT2D eigenvalue weighted by molar-refractivity contribution is -0.142. The Morgan fingerprint density at radius 3 is 2.52 bits per heavy atom. The fraction of sp³-hybridized carbons (Fsp3) is 0.400. The molecular weight excluding hydrogens is 374 g/mol. The van der Waals surface area contributed by atoms with Gasteiger partial charge in [-0.15, -0.1) is 0 Å². The summed E-state index contributed by atoms with van der Waals surface area (Å²) >= 11 is 0. The van der Waals surface area contributed by atoms with Gasteiger partial charge in [-0.05, 0) is 44.4 Å². The van der Waals surface area contributed by atoms with Crippen molar-refractivity contribution in [3.05, 3.63) is 46.8 Å². The highest BCUT2D eigenvalue weighted by Gasteiger charge is 2.23. The van der Waals surface area contributed by atoms with E-state index >= 15 is 0 Å². The molecule has 2 rings (SSSR count). The van der Waals surface area contributed by atoms with Crippen LogP contribution >= 0.6 is 0 Å². The van der Waals surface area contributed by atoms with Crippen LogP contribution in [0.4, 0.5) is 5.95 Å². The minimum absolute atomic E-state index is 0.0732. The van der Waals surface area contributed by atoms with Crippen molar-refractivity contribution >= 4 is 17.8 Å². The lowest BCUT2D eigenvalue weighted by Gasteiger charge is -2.16. The monoisotopic (exact) mass is 401 g/mol. The van der Waals surface area contributed by atoms with Gasteiger partial charge in [-0.25, -0.2) is 14.8 Å². The number of phenolic OH excluding ortho intramolecular Hbond substituents is 1. The zero-order valence-electron chi connectivity index (χ0n) is 16.9.